The summed E-state index contributed by atoms with van der Waals surface area (Å²) in [6.45, 7) is 7.84. The Balaban J connectivity index is 1.95. The van der Waals surface area contributed by atoms with Crippen molar-refractivity contribution in [3.8, 4) is 5.75 Å². The van der Waals surface area contributed by atoms with Crippen molar-refractivity contribution in [3.05, 3.63) is 97.4 Å². The Hall–Kier alpha value is -2.54. The Kier molecular flexibility index (Phi) is 11.1. The van der Waals surface area contributed by atoms with Crippen molar-refractivity contribution < 1.29 is 14.3 Å². The smallest absolute Gasteiger partial charge is 0.261 e. The number of ether oxygens (including phenoxy) is 1. The third kappa shape index (κ3) is 8.23. The molecule has 0 fully saturated rings. The monoisotopic (exact) mass is 618 g/mol. The molecule has 0 aromatic heterocycles. The highest BCUT2D eigenvalue weighted by Gasteiger charge is 2.31. The fourth-order valence-corrected chi connectivity index (χ4v) is 4.60. The van der Waals surface area contributed by atoms with Gasteiger partial charge < -0.3 is 15.0 Å². The van der Waals surface area contributed by atoms with Gasteiger partial charge >= 0.3 is 0 Å². The molecule has 3 aromatic rings. The molecule has 2 amide bonds. The van der Waals surface area contributed by atoms with Gasteiger partial charge in [-0.3, -0.25) is 9.59 Å². The molecule has 0 aliphatic carbocycles. The predicted octanol–water partition coefficient (Wildman–Crippen LogP) is 7.31. The van der Waals surface area contributed by atoms with E-state index in [1.165, 1.54) is 0 Å². The fraction of sp³-hybridized carbons (Fsp3) is 0.333. The van der Waals surface area contributed by atoms with Crippen LogP contribution in [0.4, 0.5) is 0 Å². The minimum Gasteiger partial charge on any atom is -0.484 e. The number of nitrogens with one attached hydrogen (secondary N) is 1. The molecular weight excluding hydrogens is 587 g/mol. The molecule has 5 nitrogen and oxygen atoms in total. The van der Waals surface area contributed by atoms with Crippen LogP contribution < -0.4 is 10.1 Å². The van der Waals surface area contributed by atoms with E-state index in [9.17, 15) is 9.59 Å². The van der Waals surface area contributed by atoms with Crippen molar-refractivity contribution in [2.45, 2.75) is 59.2 Å². The van der Waals surface area contributed by atoms with E-state index >= 15 is 0 Å². The number of amides is 2. The van der Waals surface area contributed by atoms with Gasteiger partial charge in [0.1, 0.15) is 11.8 Å². The first-order valence-electron chi connectivity index (χ1n) is 12.6. The van der Waals surface area contributed by atoms with Crippen molar-refractivity contribution in [2.24, 2.45) is 0 Å². The van der Waals surface area contributed by atoms with E-state index in [1.807, 2.05) is 76.2 Å². The highest BCUT2D eigenvalue weighted by atomic mass is 79.9. The van der Waals surface area contributed by atoms with E-state index in [0.717, 1.165) is 33.1 Å². The number of aryl methyl sites for hydroxylation is 2. The van der Waals surface area contributed by atoms with Crippen LogP contribution in [0, 0.1) is 13.8 Å². The van der Waals surface area contributed by atoms with Gasteiger partial charge in [-0.15, -0.1) is 0 Å². The first kappa shape index (κ1) is 30.0. The largest absolute Gasteiger partial charge is 0.484 e. The molecule has 0 unspecified atom stereocenters. The van der Waals surface area contributed by atoms with Gasteiger partial charge in [0, 0.05) is 23.5 Å². The average Bonchev–Trinajstić information content (AvgIpc) is 2.90. The Morgan fingerprint density at radius 3 is 2.24 bits per heavy atom. The van der Waals surface area contributed by atoms with Gasteiger partial charge in [-0.25, -0.2) is 0 Å². The van der Waals surface area contributed by atoms with Crippen LogP contribution in [0.5, 0.6) is 5.75 Å². The molecule has 3 rings (SSSR count). The Bertz CT molecular complexity index is 1250. The molecule has 1 N–H and O–H groups in total. The lowest BCUT2D eigenvalue weighted by Crippen LogP contribution is -2.53. The summed E-state index contributed by atoms with van der Waals surface area (Å²) in [7, 11) is 0. The summed E-state index contributed by atoms with van der Waals surface area (Å²) in [5.74, 6) is 0.0659. The maximum atomic E-state index is 13.8. The molecule has 202 valence electrons. The highest BCUT2D eigenvalue weighted by Crippen LogP contribution is 2.27. The van der Waals surface area contributed by atoms with Crippen molar-refractivity contribution in [2.75, 3.05) is 6.61 Å². The number of hydrogen-bond acceptors (Lipinski definition) is 3. The maximum absolute atomic E-state index is 13.8. The number of nitrogens with zero attached hydrogens (tertiary/aromatic N) is 1. The topological polar surface area (TPSA) is 58.6 Å². The van der Waals surface area contributed by atoms with E-state index in [0.29, 0.717) is 22.2 Å². The number of benzene rings is 3. The summed E-state index contributed by atoms with van der Waals surface area (Å²) in [6.07, 6.45) is 1.13. The van der Waals surface area contributed by atoms with Crippen molar-refractivity contribution in [1.82, 2.24) is 10.2 Å². The lowest BCUT2D eigenvalue weighted by Gasteiger charge is -2.32. The van der Waals surface area contributed by atoms with Crippen LogP contribution >= 0.6 is 39.1 Å². The summed E-state index contributed by atoms with van der Waals surface area (Å²) >= 11 is 16.0. The summed E-state index contributed by atoms with van der Waals surface area (Å²) in [5.41, 5.74) is 3.73. The second-order valence-corrected chi connectivity index (χ2v) is 11.1. The summed E-state index contributed by atoms with van der Waals surface area (Å²) < 4.78 is 6.94. The zero-order valence-corrected chi connectivity index (χ0v) is 25.2. The summed E-state index contributed by atoms with van der Waals surface area (Å²) in [5, 5.41) is 3.87. The molecule has 0 saturated carbocycles. The van der Waals surface area contributed by atoms with Gasteiger partial charge in [-0.2, -0.15) is 0 Å². The van der Waals surface area contributed by atoms with E-state index in [4.69, 9.17) is 27.9 Å². The maximum Gasteiger partial charge on any atom is 0.261 e. The first-order valence-corrected chi connectivity index (χ1v) is 14.1. The predicted molar refractivity (Wildman–Crippen MR) is 158 cm³/mol. The average molecular weight is 620 g/mol. The highest BCUT2D eigenvalue weighted by molar-refractivity contribution is 9.10. The molecule has 0 bridgehead atoms. The van der Waals surface area contributed by atoms with E-state index in [-0.39, 0.29) is 31.0 Å². The van der Waals surface area contributed by atoms with Crippen LogP contribution in [0.25, 0.3) is 0 Å². The van der Waals surface area contributed by atoms with Crippen molar-refractivity contribution in [3.63, 3.8) is 0 Å². The minimum atomic E-state index is -0.759. The number of halogens is 3. The molecule has 8 heteroatoms. The third-order valence-electron chi connectivity index (χ3n) is 6.38. The van der Waals surface area contributed by atoms with Gasteiger partial charge in [0.25, 0.3) is 5.91 Å². The summed E-state index contributed by atoms with van der Waals surface area (Å²) in [4.78, 5) is 28.9. The summed E-state index contributed by atoms with van der Waals surface area (Å²) in [6, 6.07) is 17.9. The minimum absolute atomic E-state index is 0.0346. The number of carbonyl (C=O) groups is 2. The van der Waals surface area contributed by atoms with Crippen molar-refractivity contribution >= 4 is 50.9 Å². The van der Waals surface area contributed by atoms with Crippen LogP contribution in [0.3, 0.4) is 0 Å². The Morgan fingerprint density at radius 2 is 1.63 bits per heavy atom. The second kappa shape index (κ2) is 14.0. The van der Waals surface area contributed by atoms with E-state index in [1.54, 1.807) is 17.0 Å². The van der Waals surface area contributed by atoms with Crippen molar-refractivity contribution in [1.29, 1.82) is 0 Å². The van der Waals surface area contributed by atoms with E-state index < -0.39 is 6.04 Å². The van der Waals surface area contributed by atoms with Gasteiger partial charge in [-0.1, -0.05) is 82.5 Å². The molecule has 2 atom stereocenters. The van der Waals surface area contributed by atoms with Gasteiger partial charge in [-0.05, 0) is 73.7 Å². The second-order valence-electron chi connectivity index (χ2n) is 9.45. The van der Waals surface area contributed by atoms with Crippen LogP contribution in [0.2, 0.25) is 10.0 Å². The molecule has 0 spiro atoms. The normalized spacial score (nSPS) is 12.5. The molecule has 0 saturated heterocycles. The Labute approximate surface area is 243 Å². The molecule has 0 heterocycles. The van der Waals surface area contributed by atoms with Crippen LogP contribution in [0.1, 0.15) is 42.5 Å². The molecule has 0 aliphatic heterocycles. The van der Waals surface area contributed by atoms with Crippen LogP contribution in [-0.2, 0) is 22.6 Å². The number of carbonyl (C=O) groups excluding carboxylic acids is 2. The Morgan fingerprint density at radius 1 is 0.974 bits per heavy atom. The standard InChI is InChI=1S/C30H33BrCl2N2O3/c1-5-21(4)34-30(37)27(16-22-9-7-6-8-10-22)35(17-23-11-12-25(32)26(33)15-23)28(36)18-38-24-13-19(2)29(31)20(3)14-24/h6-15,21,27H,5,16-18H2,1-4H3,(H,34,37)/t21-,27-/m1/s1. The van der Waals surface area contributed by atoms with Crippen LogP contribution in [-0.4, -0.2) is 35.4 Å². The number of hydrogen-bond donors (Lipinski definition) is 1. The molecule has 38 heavy (non-hydrogen) atoms. The van der Waals surface area contributed by atoms with E-state index in [2.05, 4.69) is 21.2 Å². The molecule has 0 radical (unpaired) electrons. The fourth-order valence-electron chi connectivity index (χ4n) is 4.05. The first-order chi connectivity index (χ1) is 18.1. The quantitative estimate of drug-likeness (QED) is 0.245. The van der Waals surface area contributed by atoms with Gasteiger partial charge in [0.15, 0.2) is 6.61 Å². The van der Waals surface area contributed by atoms with Crippen LogP contribution in [0.15, 0.2) is 65.1 Å². The molecule has 0 aliphatic rings. The number of rotatable bonds is 11. The zero-order valence-electron chi connectivity index (χ0n) is 22.1. The lowest BCUT2D eigenvalue weighted by atomic mass is 10.0. The molecular formula is C30H33BrCl2N2O3. The van der Waals surface area contributed by atoms with Gasteiger partial charge in [0.2, 0.25) is 5.91 Å². The SMILES string of the molecule is CC[C@@H](C)NC(=O)[C@@H](Cc1ccccc1)N(Cc1ccc(Cl)c(Cl)c1)C(=O)COc1cc(C)c(Br)c(C)c1. The zero-order chi connectivity index (χ0) is 27.8. The third-order valence-corrected chi connectivity index (χ3v) is 8.37. The lowest BCUT2D eigenvalue weighted by molar-refractivity contribution is -0.143. The molecule has 3 aromatic carbocycles. The van der Waals surface area contributed by atoms with Gasteiger partial charge in [0.05, 0.1) is 10.0 Å².